The molecule has 1 aliphatic heterocycles. The van der Waals surface area contributed by atoms with Crippen LogP contribution < -0.4 is 5.32 Å². The largest absolute Gasteiger partial charge is 0.356 e. The summed E-state index contributed by atoms with van der Waals surface area (Å²) in [5.41, 5.74) is 0. The zero-order valence-corrected chi connectivity index (χ0v) is 15.4. The van der Waals surface area contributed by atoms with E-state index in [2.05, 4.69) is 31.6 Å². The zero-order valence-electron chi connectivity index (χ0n) is 14.5. The first kappa shape index (κ1) is 20.5. The molecule has 0 saturated heterocycles. The van der Waals surface area contributed by atoms with Gasteiger partial charge in [0.2, 0.25) is 5.91 Å². The molecule has 0 aliphatic carbocycles. The van der Waals surface area contributed by atoms with Crippen molar-refractivity contribution in [3.8, 4) is 0 Å². The average Bonchev–Trinajstić information content (AvgIpc) is 2.95. The minimum Gasteiger partial charge on any atom is -0.356 e. The Kier molecular flexibility index (Phi) is 10.6. The van der Waals surface area contributed by atoms with Gasteiger partial charge >= 0.3 is 8.60 Å². The van der Waals surface area contributed by atoms with Crippen LogP contribution >= 0.6 is 8.60 Å². The topological polar surface area (TPSA) is 67.8 Å². The molecule has 0 radical (unpaired) electrons. The highest BCUT2D eigenvalue weighted by Crippen LogP contribution is 2.33. The van der Waals surface area contributed by atoms with Gasteiger partial charge in [-0.2, -0.15) is 0 Å². The van der Waals surface area contributed by atoms with Crippen LogP contribution in [0.4, 0.5) is 0 Å². The van der Waals surface area contributed by atoms with E-state index in [0.29, 0.717) is 26.1 Å². The molecular weight excluding hydrogens is 315 g/mol. The first-order valence-electron chi connectivity index (χ1n) is 8.59. The lowest BCUT2D eigenvalue weighted by molar-refractivity contribution is -0.853. The van der Waals surface area contributed by atoms with Gasteiger partial charge < -0.3 is 19.3 Å². The number of hydrogen-bond acceptors (Lipinski definition) is 4. The van der Waals surface area contributed by atoms with Crippen LogP contribution in [-0.2, 0) is 13.8 Å². The van der Waals surface area contributed by atoms with E-state index in [4.69, 9.17) is 9.05 Å². The van der Waals surface area contributed by atoms with Crippen LogP contribution in [0.5, 0.6) is 0 Å². The Morgan fingerprint density at radius 3 is 2.78 bits per heavy atom. The van der Waals surface area contributed by atoms with E-state index >= 15 is 0 Å². The number of carbonyl (C=O) groups excluding carboxylic acids is 1. The standard InChI is InChI=1S/C16H31N2O4P/c1-3-4-5-10-17-16(19)9-8-14-21-23(20)22-15-13-18(2)11-6-7-12-18/h6,11,20H,3-5,7-10,12-15H2,1-2H3/p+1. The fraction of sp³-hybridized carbons (Fsp3) is 0.812. The van der Waals surface area contributed by atoms with Gasteiger partial charge in [-0.1, -0.05) is 19.8 Å². The summed E-state index contributed by atoms with van der Waals surface area (Å²) < 4.78 is 11.4. The number of nitrogens with one attached hydrogen (secondary N) is 1. The van der Waals surface area contributed by atoms with E-state index in [1.54, 1.807) is 0 Å². The molecule has 0 aromatic heterocycles. The molecule has 23 heavy (non-hydrogen) atoms. The highest BCUT2D eigenvalue weighted by molar-refractivity contribution is 7.40. The van der Waals surface area contributed by atoms with Gasteiger partial charge in [0.15, 0.2) is 0 Å². The summed E-state index contributed by atoms with van der Waals surface area (Å²) in [6, 6.07) is 0. The first-order valence-corrected chi connectivity index (χ1v) is 9.72. The van der Waals surface area contributed by atoms with Gasteiger partial charge in [0.05, 0.1) is 26.4 Å². The Hall–Kier alpha value is -0.520. The third-order valence-corrected chi connectivity index (χ3v) is 4.74. The van der Waals surface area contributed by atoms with Crippen molar-refractivity contribution in [2.45, 2.75) is 45.4 Å². The molecule has 1 amide bonds. The molecule has 1 aliphatic rings. The molecule has 2 atom stereocenters. The molecule has 0 aromatic rings. The van der Waals surface area contributed by atoms with Crippen molar-refractivity contribution < 1.29 is 23.2 Å². The third kappa shape index (κ3) is 10.0. The summed E-state index contributed by atoms with van der Waals surface area (Å²) in [6.45, 7) is 5.62. The molecule has 0 saturated carbocycles. The smallest absolute Gasteiger partial charge is 0.330 e. The second-order valence-electron chi connectivity index (χ2n) is 6.16. The van der Waals surface area contributed by atoms with E-state index < -0.39 is 8.60 Å². The second-order valence-corrected chi connectivity index (χ2v) is 7.16. The zero-order chi connectivity index (χ0) is 17.0. The van der Waals surface area contributed by atoms with Crippen LogP contribution in [-0.4, -0.2) is 55.2 Å². The maximum absolute atomic E-state index is 11.5. The number of amides is 1. The normalized spacial score (nSPS) is 21.5. The minimum absolute atomic E-state index is 0.0473. The number of quaternary nitrogens is 1. The summed E-state index contributed by atoms with van der Waals surface area (Å²) >= 11 is 0. The first-order chi connectivity index (χ1) is 11.1. The van der Waals surface area contributed by atoms with Gasteiger partial charge in [-0.05, 0) is 18.9 Å². The molecule has 134 valence electrons. The van der Waals surface area contributed by atoms with Gasteiger partial charge in [0, 0.05) is 19.4 Å². The van der Waals surface area contributed by atoms with Crippen molar-refractivity contribution in [2.24, 2.45) is 0 Å². The Morgan fingerprint density at radius 1 is 1.30 bits per heavy atom. The van der Waals surface area contributed by atoms with Crippen molar-refractivity contribution in [3.63, 3.8) is 0 Å². The molecule has 1 heterocycles. The summed E-state index contributed by atoms with van der Waals surface area (Å²) in [4.78, 5) is 21.2. The predicted octanol–water partition coefficient (Wildman–Crippen LogP) is 2.69. The number of rotatable bonds is 13. The van der Waals surface area contributed by atoms with Gasteiger partial charge in [-0.15, -0.1) is 0 Å². The molecular formula is C16H32N2O4P+. The van der Waals surface area contributed by atoms with Crippen LogP contribution in [0.15, 0.2) is 12.3 Å². The molecule has 0 bridgehead atoms. The van der Waals surface area contributed by atoms with Crippen molar-refractivity contribution in [3.05, 3.63) is 12.3 Å². The number of carbonyl (C=O) groups is 1. The lowest BCUT2D eigenvalue weighted by Crippen LogP contribution is -2.39. The van der Waals surface area contributed by atoms with E-state index in [1.165, 1.54) is 0 Å². The molecule has 6 nitrogen and oxygen atoms in total. The van der Waals surface area contributed by atoms with E-state index in [0.717, 1.165) is 49.8 Å². The van der Waals surface area contributed by atoms with Gasteiger partial charge in [-0.25, -0.2) is 0 Å². The summed E-state index contributed by atoms with van der Waals surface area (Å²) in [5, 5.41) is 2.88. The Balaban J connectivity index is 1.94. The van der Waals surface area contributed by atoms with Crippen molar-refractivity contribution in [1.29, 1.82) is 0 Å². The van der Waals surface area contributed by atoms with Crippen LogP contribution in [0.2, 0.25) is 0 Å². The lowest BCUT2D eigenvalue weighted by Gasteiger charge is -2.26. The number of hydrogen-bond donors (Lipinski definition) is 2. The van der Waals surface area contributed by atoms with Crippen LogP contribution in [0.1, 0.15) is 45.4 Å². The minimum atomic E-state index is -1.84. The number of nitrogens with zero attached hydrogens (tertiary/aromatic N) is 1. The van der Waals surface area contributed by atoms with Crippen LogP contribution in [0.3, 0.4) is 0 Å². The van der Waals surface area contributed by atoms with Gasteiger partial charge in [0.1, 0.15) is 13.2 Å². The fourth-order valence-corrected chi connectivity index (χ4v) is 2.99. The Labute approximate surface area is 141 Å². The second kappa shape index (κ2) is 11.9. The predicted molar refractivity (Wildman–Crippen MR) is 92.5 cm³/mol. The van der Waals surface area contributed by atoms with Crippen LogP contribution in [0, 0.1) is 0 Å². The SMILES string of the molecule is CCCCCNC(=O)CCCOP(O)OCC[N+]1(C)C=CCC1. The van der Waals surface area contributed by atoms with Gasteiger partial charge in [-0.3, -0.25) is 9.28 Å². The fourth-order valence-electron chi connectivity index (χ4n) is 2.39. The van der Waals surface area contributed by atoms with Crippen molar-refractivity contribution in [2.75, 3.05) is 39.9 Å². The molecule has 2 unspecified atom stereocenters. The molecule has 0 aromatic carbocycles. The van der Waals surface area contributed by atoms with E-state index in [9.17, 15) is 9.69 Å². The maximum atomic E-state index is 11.5. The summed E-state index contributed by atoms with van der Waals surface area (Å²) in [5.74, 6) is 0.0473. The summed E-state index contributed by atoms with van der Waals surface area (Å²) in [7, 11) is 0.309. The van der Waals surface area contributed by atoms with Gasteiger partial charge in [0.25, 0.3) is 0 Å². The van der Waals surface area contributed by atoms with Crippen LogP contribution in [0.25, 0.3) is 0 Å². The summed E-state index contributed by atoms with van der Waals surface area (Å²) in [6.07, 6.45) is 9.78. The third-order valence-electron chi connectivity index (χ3n) is 3.93. The molecule has 2 N–H and O–H groups in total. The molecule has 1 rings (SSSR count). The van der Waals surface area contributed by atoms with Crippen molar-refractivity contribution in [1.82, 2.24) is 5.32 Å². The highest BCUT2D eigenvalue weighted by Gasteiger charge is 2.22. The lowest BCUT2D eigenvalue weighted by atomic mass is 10.2. The Morgan fingerprint density at radius 2 is 2.09 bits per heavy atom. The van der Waals surface area contributed by atoms with Crippen molar-refractivity contribution >= 4 is 14.5 Å². The maximum Gasteiger partial charge on any atom is 0.330 e. The monoisotopic (exact) mass is 347 g/mol. The number of likely N-dealkylation sites (N-methyl/N-ethyl adjacent to an activating group) is 1. The quantitative estimate of drug-likeness (QED) is 0.305. The molecule has 0 fully saturated rings. The van der Waals surface area contributed by atoms with E-state index in [-0.39, 0.29) is 5.91 Å². The average molecular weight is 347 g/mol. The molecule has 0 spiro atoms. The van der Waals surface area contributed by atoms with E-state index in [1.807, 2.05) is 0 Å². The highest BCUT2D eigenvalue weighted by atomic mass is 31.2. The number of unbranched alkanes of at least 4 members (excludes halogenated alkanes) is 2. The molecule has 7 heteroatoms. The Bertz CT molecular complexity index is 368.